The molecule has 0 bridgehead atoms. The topological polar surface area (TPSA) is 105 Å². The van der Waals surface area contributed by atoms with Crippen LogP contribution in [-0.4, -0.2) is 15.3 Å². The molecule has 1 atom stereocenters. The van der Waals surface area contributed by atoms with Crippen LogP contribution in [0.25, 0.3) is 0 Å². The molecule has 0 aromatic heterocycles. The Kier molecular flexibility index (Phi) is 6.98. The molecule has 4 N–H and O–H groups in total. The summed E-state index contributed by atoms with van der Waals surface area (Å²) in [6, 6.07) is 2.77. The zero-order valence-electron chi connectivity index (χ0n) is 17.9. The van der Waals surface area contributed by atoms with Crippen LogP contribution in [-0.2, 0) is 41.2 Å². The predicted molar refractivity (Wildman–Crippen MR) is 130 cm³/mol. The first kappa shape index (κ1) is 25.0. The number of aliphatic hydroxyl groups is 1. The first-order chi connectivity index (χ1) is 14.5. The Bertz CT molecular complexity index is 1180. The van der Waals surface area contributed by atoms with Gasteiger partial charge in [0.05, 0.1) is 10.5 Å². The second-order valence-electron chi connectivity index (χ2n) is 8.60. The van der Waals surface area contributed by atoms with E-state index in [-0.39, 0.29) is 18.4 Å². The monoisotopic (exact) mass is 499 g/mol. The number of nitrogens with zero attached hydrogens (tertiary/aromatic N) is 1. The summed E-state index contributed by atoms with van der Waals surface area (Å²) in [5, 5.41) is 19.4. The number of hydrogen-bond acceptors (Lipinski definition) is 3. The van der Waals surface area contributed by atoms with E-state index in [0.29, 0.717) is 11.3 Å². The summed E-state index contributed by atoms with van der Waals surface area (Å²) in [5.74, 6) is -0.892. The molecule has 6 nitrogen and oxygen atoms in total. The molecule has 0 spiro atoms. The van der Waals surface area contributed by atoms with E-state index >= 15 is 0 Å². The minimum atomic E-state index is -3.83. The zero-order valence-corrected chi connectivity index (χ0v) is 20.5. The van der Waals surface area contributed by atoms with Gasteiger partial charge >= 0.3 is 6.03 Å². The van der Waals surface area contributed by atoms with Crippen molar-refractivity contribution in [2.45, 2.75) is 62.9 Å². The van der Waals surface area contributed by atoms with E-state index in [1.807, 2.05) is 0 Å². The molecule has 1 unspecified atom stereocenters. The van der Waals surface area contributed by atoms with Gasteiger partial charge in [-0.2, -0.15) is 13.5 Å². The van der Waals surface area contributed by atoms with Gasteiger partial charge in [-0.1, -0.05) is 17.7 Å². The maximum absolute atomic E-state index is 14.6. The molecule has 0 fully saturated rings. The Morgan fingerprint density at radius 1 is 1.16 bits per heavy atom. The molecule has 2 aliphatic carbocycles. The van der Waals surface area contributed by atoms with Gasteiger partial charge in [0.1, 0.15) is 15.7 Å². The van der Waals surface area contributed by atoms with Gasteiger partial charge in [0, 0.05) is 10.7 Å². The molecule has 0 aliphatic heterocycles. The maximum Gasteiger partial charge on any atom is 0.354 e. The molecule has 0 radical (unpaired) electrons. The second-order valence-corrected chi connectivity index (χ2v) is 10.7. The van der Waals surface area contributed by atoms with Crippen molar-refractivity contribution in [1.29, 1.82) is 0 Å². The van der Waals surface area contributed by atoms with E-state index in [4.69, 9.17) is 16.7 Å². The van der Waals surface area contributed by atoms with Gasteiger partial charge in [-0.25, -0.2) is 18.5 Å². The van der Waals surface area contributed by atoms with E-state index in [1.165, 1.54) is 26.0 Å². The molecule has 2 aliphatic rings. The third-order valence-corrected chi connectivity index (χ3v) is 7.83. The highest BCUT2D eigenvalue weighted by Gasteiger charge is 2.29. The minimum Gasteiger partial charge on any atom is -0.386 e. The van der Waals surface area contributed by atoms with Crippen molar-refractivity contribution in [3.05, 3.63) is 56.9 Å². The van der Waals surface area contributed by atoms with E-state index in [1.54, 1.807) is 0 Å². The number of fused-ring (bicyclic) bond motifs is 2. The number of amides is 2. The number of benzene rings is 2. The normalized spacial score (nSPS) is 16.6. The van der Waals surface area contributed by atoms with Crippen molar-refractivity contribution < 1.29 is 18.5 Å². The molecule has 2 amide bonds. The Labute approximate surface area is 199 Å². The van der Waals surface area contributed by atoms with Gasteiger partial charge < -0.3 is 10.4 Å². The van der Waals surface area contributed by atoms with E-state index in [0.717, 1.165) is 71.9 Å². The van der Waals surface area contributed by atoms with Gasteiger partial charge in [-0.15, -0.1) is 4.36 Å². The molecule has 10 heteroatoms. The number of hydrogen-bond donors (Lipinski definition) is 3. The number of carbonyl (C=O) groups excluding carboxylic acids is 1. The summed E-state index contributed by atoms with van der Waals surface area (Å²) in [6.45, 7) is 3.00. The van der Waals surface area contributed by atoms with Crippen LogP contribution in [0.2, 0.25) is 5.02 Å². The highest BCUT2D eigenvalue weighted by atomic mass is 35.5. The van der Waals surface area contributed by atoms with Crippen LogP contribution in [0.3, 0.4) is 0 Å². The molecule has 2 aromatic carbocycles. The summed E-state index contributed by atoms with van der Waals surface area (Å²) in [4.78, 5) is 12.3. The fourth-order valence-corrected chi connectivity index (χ4v) is 5.87. The van der Waals surface area contributed by atoms with E-state index in [9.17, 15) is 18.5 Å². The summed E-state index contributed by atoms with van der Waals surface area (Å²) in [7, 11) is -3.83. The molecular weight excluding hydrogens is 473 g/mol. The Balaban J connectivity index is 0.00000289. The van der Waals surface area contributed by atoms with Crippen LogP contribution in [0.1, 0.15) is 54.5 Å². The molecule has 0 heterocycles. The number of rotatable bonds is 3. The van der Waals surface area contributed by atoms with Crippen LogP contribution in [0.4, 0.5) is 14.9 Å². The highest BCUT2D eigenvalue weighted by molar-refractivity contribution is 7.91. The lowest BCUT2D eigenvalue weighted by molar-refractivity contribution is 0.0781. The average molecular weight is 500 g/mol. The minimum absolute atomic E-state index is 0. The maximum atomic E-state index is 14.6. The van der Waals surface area contributed by atoms with Gasteiger partial charge in [-0.3, -0.25) is 0 Å². The van der Waals surface area contributed by atoms with Crippen molar-refractivity contribution in [2.24, 2.45) is 9.50 Å². The summed E-state index contributed by atoms with van der Waals surface area (Å²) >= 11 is 6.60. The molecule has 0 saturated heterocycles. The standard InChI is InChI=1S/C22H25ClFN3O3S.H2S/c1-22(2,29)12-9-10-18(17(24)11-12)31(25,30)27-21(28)26-20-15-7-3-5-13(15)19(23)14-6-4-8-16(14)20;/h9-11,29H,3-8H2,1-2H3,(H3,25,26,27,28,30);1H2. The van der Waals surface area contributed by atoms with Crippen LogP contribution < -0.4 is 10.5 Å². The number of urea groups is 1. The fourth-order valence-electron chi connectivity index (χ4n) is 4.46. The van der Waals surface area contributed by atoms with Crippen LogP contribution in [0.5, 0.6) is 0 Å². The lowest BCUT2D eigenvalue weighted by Crippen LogP contribution is -2.21. The third-order valence-electron chi connectivity index (χ3n) is 5.97. The van der Waals surface area contributed by atoms with Crippen molar-refractivity contribution in [3.63, 3.8) is 0 Å². The van der Waals surface area contributed by atoms with Crippen molar-refractivity contribution in [3.8, 4) is 0 Å². The van der Waals surface area contributed by atoms with E-state index in [2.05, 4.69) is 9.68 Å². The van der Waals surface area contributed by atoms with Gasteiger partial charge in [0.25, 0.3) is 0 Å². The van der Waals surface area contributed by atoms with Gasteiger partial charge in [0.2, 0.25) is 0 Å². The van der Waals surface area contributed by atoms with Crippen LogP contribution in [0.15, 0.2) is 27.5 Å². The molecule has 32 heavy (non-hydrogen) atoms. The Hall–Kier alpha value is -1.65. The smallest absolute Gasteiger partial charge is 0.354 e. The largest absolute Gasteiger partial charge is 0.386 e. The molecular formula is C22H27ClFN3O3S2. The van der Waals surface area contributed by atoms with Crippen molar-refractivity contribution >= 4 is 46.7 Å². The van der Waals surface area contributed by atoms with Crippen molar-refractivity contribution in [1.82, 2.24) is 0 Å². The van der Waals surface area contributed by atoms with Crippen LogP contribution >= 0.6 is 25.1 Å². The lowest BCUT2D eigenvalue weighted by atomic mass is 9.98. The fraction of sp³-hybridized carbons (Fsp3) is 0.409. The number of nitrogens with one attached hydrogen (secondary N) is 1. The third kappa shape index (κ3) is 4.54. The summed E-state index contributed by atoms with van der Waals surface area (Å²) in [5.41, 5.74) is 3.81. The molecule has 2 aromatic rings. The van der Waals surface area contributed by atoms with Gasteiger partial charge in [0.15, 0.2) is 0 Å². The number of halogens is 2. The number of carbonyl (C=O) groups is 1. The first-order valence-electron chi connectivity index (χ1n) is 10.2. The second kappa shape index (κ2) is 8.95. The van der Waals surface area contributed by atoms with Crippen molar-refractivity contribution in [2.75, 3.05) is 5.32 Å². The molecule has 174 valence electrons. The lowest BCUT2D eigenvalue weighted by Gasteiger charge is -2.19. The quantitative estimate of drug-likeness (QED) is 0.568. The average Bonchev–Trinajstić information content (AvgIpc) is 3.33. The zero-order chi connectivity index (χ0) is 22.6. The van der Waals surface area contributed by atoms with Crippen LogP contribution in [0, 0.1) is 5.82 Å². The van der Waals surface area contributed by atoms with E-state index < -0.39 is 27.4 Å². The summed E-state index contributed by atoms with van der Waals surface area (Å²) < 4.78 is 31.1. The highest BCUT2D eigenvalue weighted by Crippen LogP contribution is 2.44. The first-order valence-corrected chi connectivity index (χ1v) is 12.2. The van der Waals surface area contributed by atoms with Gasteiger partial charge in [-0.05, 0) is 92.3 Å². The number of nitrogens with two attached hydrogens (primary N) is 1. The Morgan fingerprint density at radius 2 is 1.69 bits per heavy atom. The molecule has 4 rings (SSSR count). The SMILES string of the molecule is CC(C)(O)c1ccc(S(N)(=O)=NC(=O)Nc2c3c(c(Cl)c4c2CCC4)CCC3)c(F)c1.S. The summed E-state index contributed by atoms with van der Waals surface area (Å²) in [6.07, 6.45) is 5.20. The predicted octanol–water partition coefficient (Wildman–Crippen LogP) is 4.73. The Morgan fingerprint density at radius 3 is 2.19 bits per heavy atom. The molecule has 0 saturated carbocycles. The number of anilines is 1.